The van der Waals surface area contributed by atoms with E-state index >= 15 is 0 Å². The smallest absolute Gasteiger partial charge is 0.424 e. The Kier molecular flexibility index (Phi) is 7.34. The molecule has 224 valence electrons. The Bertz CT molecular complexity index is 1690. The van der Waals surface area contributed by atoms with Gasteiger partial charge in [0.15, 0.2) is 5.76 Å². The first kappa shape index (κ1) is 29.5. The zero-order valence-corrected chi connectivity index (χ0v) is 22.7. The van der Waals surface area contributed by atoms with Gasteiger partial charge in [-0.1, -0.05) is 5.16 Å². The molecule has 0 aliphatic carbocycles. The maximum Gasteiger partial charge on any atom is 0.424 e. The Morgan fingerprint density at radius 2 is 1.86 bits per heavy atom. The Hall–Kier alpha value is -4.98. The topological polar surface area (TPSA) is 150 Å². The minimum atomic E-state index is -5.36. The summed E-state index contributed by atoms with van der Waals surface area (Å²) in [5, 5.41) is 16.9. The predicted molar refractivity (Wildman–Crippen MR) is 142 cm³/mol. The fourth-order valence-corrected chi connectivity index (χ4v) is 4.64. The SMILES string of the molecule is COc1cc(C(=O)NC[C@](O)(c2cc3c(c(-c4ccc(F)cc4)n2)OC[C@]3(C)C(N)=O)C(F)(F)F)ccc1-c1ccno1. The lowest BCUT2D eigenvalue weighted by atomic mass is 9.81. The van der Waals surface area contributed by atoms with Crippen LogP contribution in [0.25, 0.3) is 22.6 Å². The molecule has 14 heteroatoms. The Balaban J connectivity index is 1.55. The van der Waals surface area contributed by atoms with Gasteiger partial charge in [-0.15, -0.1) is 0 Å². The quantitative estimate of drug-likeness (QED) is 0.258. The molecule has 0 saturated carbocycles. The molecule has 0 bridgehead atoms. The molecule has 2 aromatic heterocycles. The van der Waals surface area contributed by atoms with Crippen LogP contribution in [0.1, 0.15) is 28.5 Å². The highest BCUT2D eigenvalue weighted by Gasteiger charge is 2.57. The highest BCUT2D eigenvalue weighted by molar-refractivity contribution is 5.95. The number of pyridine rings is 1. The van der Waals surface area contributed by atoms with Crippen molar-refractivity contribution in [2.45, 2.75) is 24.1 Å². The van der Waals surface area contributed by atoms with Gasteiger partial charge in [-0.05, 0) is 55.5 Å². The summed E-state index contributed by atoms with van der Waals surface area (Å²) >= 11 is 0. The first-order chi connectivity index (χ1) is 20.3. The molecule has 0 fully saturated rings. The van der Waals surface area contributed by atoms with E-state index in [-0.39, 0.29) is 40.5 Å². The Morgan fingerprint density at radius 1 is 1.14 bits per heavy atom. The summed E-state index contributed by atoms with van der Waals surface area (Å²) in [4.78, 5) is 29.4. The van der Waals surface area contributed by atoms with Crippen LogP contribution >= 0.6 is 0 Å². The lowest BCUT2D eigenvalue weighted by Gasteiger charge is -2.31. The molecule has 0 radical (unpaired) electrons. The number of primary amides is 1. The van der Waals surface area contributed by atoms with Crippen molar-refractivity contribution in [1.82, 2.24) is 15.5 Å². The van der Waals surface area contributed by atoms with E-state index in [1.54, 1.807) is 6.07 Å². The molecule has 0 unspecified atom stereocenters. The van der Waals surface area contributed by atoms with Gasteiger partial charge in [-0.2, -0.15) is 13.2 Å². The molecule has 2 atom stereocenters. The summed E-state index contributed by atoms with van der Waals surface area (Å²) in [6.45, 7) is -0.280. The fourth-order valence-electron chi connectivity index (χ4n) is 4.64. The number of rotatable bonds is 8. The van der Waals surface area contributed by atoms with Crippen molar-refractivity contribution >= 4 is 11.8 Å². The number of nitrogens with one attached hydrogen (secondary N) is 1. The standard InChI is InChI=1S/C29H24F4N4O6/c1-27(26(34)39)14-42-24-19(27)12-22(37-23(24)15-3-6-17(30)7-4-15)28(40,29(31,32)33)13-35-25(38)16-5-8-18(21(11-16)41-2)20-9-10-36-43-20/h3-12,40H,13-14H2,1-2H3,(H2,34,39)(H,35,38)/t27-,28-/m0/s1. The van der Waals surface area contributed by atoms with Crippen molar-refractivity contribution in [3.8, 4) is 34.1 Å². The van der Waals surface area contributed by atoms with E-state index in [1.165, 1.54) is 50.6 Å². The van der Waals surface area contributed by atoms with Crippen molar-refractivity contribution in [3.63, 3.8) is 0 Å². The van der Waals surface area contributed by atoms with Crippen LogP contribution in [0.5, 0.6) is 11.5 Å². The summed E-state index contributed by atoms with van der Waals surface area (Å²) in [5.74, 6) is -1.98. The average Bonchev–Trinajstić information content (AvgIpc) is 3.64. The number of ether oxygens (including phenoxy) is 2. The molecule has 5 rings (SSSR count). The fraction of sp³-hybridized carbons (Fsp3) is 0.241. The van der Waals surface area contributed by atoms with Crippen LogP contribution in [0.4, 0.5) is 17.6 Å². The second-order valence-electron chi connectivity index (χ2n) is 10.1. The second-order valence-corrected chi connectivity index (χ2v) is 10.1. The summed E-state index contributed by atoms with van der Waals surface area (Å²) in [7, 11) is 1.33. The number of amides is 2. The predicted octanol–water partition coefficient (Wildman–Crippen LogP) is 3.87. The van der Waals surface area contributed by atoms with E-state index in [0.717, 1.165) is 18.2 Å². The number of carbonyl (C=O) groups excluding carboxylic acids is 2. The van der Waals surface area contributed by atoms with Crippen molar-refractivity contribution in [2.75, 3.05) is 20.3 Å². The number of fused-ring (bicyclic) bond motifs is 1. The van der Waals surface area contributed by atoms with Crippen molar-refractivity contribution in [1.29, 1.82) is 0 Å². The van der Waals surface area contributed by atoms with Gasteiger partial charge in [0.2, 0.25) is 11.5 Å². The number of hydrogen-bond acceptors (Lipinski definition) is 8. The van der Waals surface area contributed by atoms with Gasteiger partial charge < -0.3 is 30.2 Å². The van der Waals surface area contributed by atoms with Crippen LogP contribution in [-0.4, -0.2) is 53.5 Å². The highest BCUT2D eigenvalue weighted by atomic mass is 19.4. The maximum atomic E-state index is 14.6. The maximum absolute atomic E-state index is 14.6. The Morgan fingerprint density at radius 3 is 2.47 bits per heavy atom. The molecule has 10 nitrogen and oxygen atoms in total. The third-order valence-electron chi connectivity index (χ3n) is 7.30. The Labute approximate surface area is 241 Å². The summed E-state index contributed by atoms with van der Waals surface area (Å²) in [5.41, 5.74) is -0.376. The summed E-state index contributed by atoms with van der Waals surface area (Å²) < 4.78 is 73.5. The van der Waals surface area contributed by atoms with Gasteiger partial charge in [0.1, 0.15) is 35.0 Å². The van der Waals surface area contributed by atoms with Gasteiger partial charge in [0, 0.05) is 22.8 Å². The molecule has 43 heavy (non-hydrogen) atoms. The molecule has 4 N–H and O–H groups in total. The van der Waals surface area contributed by atoms with Crippen LogP contribution in [-0.2, 0) is 15.8 Å². The van der Waals surface area contributed by atoms with E-state index in [9.17, 15) is 32.3 Å². The second kappa shape index (κ2) is 10.7. The molecular formula is C29H24F4N4O6. The van der Waals surface area contributed by atoms with Gasteiger partial charge >= 0.3 is 6.18 Å². The number of methoxy groups -OCH3 is 1. The lowest BCUT2D eigenvalue weighted by Crippen LogP contribution is -2.51. The minimum Gasteiger partial charge on any atom is -0.496 e. The van der Waals surface area contributed by atoms with E-state index < -0.39 is 47.1 Å². The molecule has 4 aromatic rings. The number of nitrogens with two attached hydrogens (primary N) is 1. The minimum absolute atomic E-state index is 0.0378. The van der Waals surface area contributed by atoms with Crippen LogP contribution in [0.3, 0.4) is 0 Å². The van der Waals surface area contributed by atoms with E-state index in [0.29, 0.717) is 11.3 Å². The zero-order valence-electron chi connectivity index (χ0n) is 22.7. The average molecular weight is 601 g/mol. The zero-order chi connectivity index (χ0) is 31.2. The van der Waals surface area contributed by atoms with E-state index in [1.807, 2.05) is 0 Å². The molecule has 1 aliphatic heterocycles. The van der Waals surface area contributed by atoms with E-state index in [4.69, 9.17) is 19.7 Å². The molecule has 0 spiro atoms. The summed E-state index contributed by atoms with van der Waals surface area (Å²) in [6, 6.07) is 11.2. The molecule has 0 saturated heterocycles. The number of alkyl halides is 3. The van der Waals surface area contributed by atoms with Crippen LogP contribution in [0.2, 0.25) is 0 Å². The van der Waals surface area contributed by atoms with Gasteiger partial charge in [0.25, 0.3) is 5.91 Å². The number of halogens is 4. The van der Waals surface area contributed by atoms with E-state index in [2.05, 4.69) is 15.5 Å². The highest BCUT2D eigenvalue weighted by Crippen LogP contribution is 2.47. The normalized spacial score (nSPS) is 17.5. The monoisotopic (exact) mass is 600 g/mol. The summed E-state index contributed by atoms with van der Waals surface area (Å²) in [6.07, 6.45) is -3.96. The molecular weight excluding hydrogens is 576 g/mol. The van der Waals surface area contributed by atoms with Crippen molar-refractivity contribution in [2.24, 2.45) is 5.73 Å². The number of carbonyl (C=O) groups is 2. The number of aromatic nitrogens is 2. The number of aliphatic hydroxyl groups is 1. The lowest BCUT2D eigenvalue weighted by molar-refractivity contribution is -0.265. The van der Waals surface area contributed by atoms with Crippen molar-refractivity contribution in [3.05, 3.63) is 83.4 Å². The van der Waals surface area contributed by atoms with Gasteiger partial charge in [-0.25, -0.2) is 9.37 Å². The van der Waals surface area contributed by atoms with Crippen LogP contribution < -0.4 is 20.5 Å². The first-order valence-corrected chi connectivity index (χ1v) is 12.7. The third-order valence-corrected chi connectivity index (χ3v) is 7.30. The number of hydrogen-bond donors (Lipinski definition) is 3. The molecule has 3 heterocycles. The van der Waals surface area contributed by atoms with Gasteiger partial charge in [-0.3, -0.25) is 9.59 Å². The van der Waals surface area contributed by atoms with Gasteiger partial charge in [0.05, 0.1) is 31.1 Å². The largest absolute Gasteiger partial charge is 0.496 e. The number of benzene rings is 2. The van der Waals surface area contributed by atoms with Crippen LogP contribution in [0, 0.1) is 5.82 Å². The van der Waals surface area contributed by atoms with Crippen LogP contribution in [0.15, 0.2) is 65.3 Å². The number of nitrogens with zero attached hydrogens (tertiary/aromatic N) is 2. The van der Waals surface area contributed by atoms with Crippen molar-refractivity contribution < 1.29 is 46.3 Å². The molecule has 1 aliphatic rings. The molecule has 2 aromatic carbocycles. The first-order valence-electron chi connectivity index (χ1n) is 12.7. The third kappa shape index (κ3) is 5.14. The molecule has 2 amide bonds.